The molecule has 116 valence electrons. The first-order valence-electron chi connectivity index (χ1n) is 8.52. The summed E-state index contributed by atoms with van der Waals surface area (Å²) in [5.74, 6) is 0.207. The number of nitrogens with zero attached hydrogens (tertiary/aromatic N) is 1. The molecule has 2 saturated heterocycles. The average Bonchev–Trinajstić information content (AvgIpc) is 2.74. The van der Waals surface area contributed by atoms with E-state index in [0.717, 1.165) is 38.5 Å². The van der Waals surface area contributed by atoms with Gasteiger partial charge < -0.3 is 15.5 Å². The Hall–Kier alpha value is -0.610. The minimum Gasteiger partial charge on any atom is -0.355 e. The second-order valence-corrected chi connectivity index (χ2v) is 6.38. The Morgan fingerprint density at radius 2 is 2.05 bits per heavy atom. The number of piperidine rings is 1. The lowest BCUT2D eigenvalue weighted by atomic mass is 10.0. The smallest absolute Gasteiger partial charge is 0.237 e. The summed E-state index contributed by atoms with van der Waals surface area (Å²) in [6.07, 6.45) is 9.75. The Morgan fingerprint density at radius 1 is 1.20 bits per heavy atom. The normalized spacial score (nSPS) is 28.9. The lowest BCUT2D eigenvalue weighted by molar-refractivity contribution is -0.123. The van der Waals surface area contributed by atoms with Crippen LogP contribution in [-0.2, 0) is 4.79 Å². The lowest BCUT2D eigenvalue weighted by Gasteiger charge is -2.33. The molecule has 2 heterocycles. The zero-order chi connectivity index (χ0) is 14.2. The summed E-state index contributed by atoms with van der Waals surface area (Å²) in [6, 6.07) is 0.773. The van der Waals surface area contributed by atoms with E-state index in [1.807, 2.05) is 0 Å². The minimum atomic E-state index is 0.0476. The van der Waals surface area contributed by atoms with Crippen LogP contribution in [0, 0.1) is 0 Å². The molecule has 2 aliphatic heterocycles. The van der Waals surface area contributed by atoms with E-state index in [1.165, 1.54) is 45.1 Å². The van der Waals surface area contributed by atoms with Crippen molar-refractivity contribution < 1.29 is 4.79 Å². The topological polar surface area (TPSA) is 44.4 Å². The number of likely N-dealkylation sites (tertiary alicyclic amines) is 1. The third-order valence-electron chi connectivity index (χ3n) is 4.74. The zero-order valence-electron chi connectivity index (χ0n) is 13.0. The van der Waals surface area contributed by atoms with Gasteiger partial charge >= 0.3 is 0 Å². The van der Waals surface area contributed by atoms with Crippen molar-refractivity contribution in [3.63, 3.8) is 0 Å². The van der Waals surface area contributed by atoms with Gasteiger partial charge in [0.25, 0.3) is 0 Å². The molecule has 20 heavy (non-hydrogen) atoms. The number of rotatable bonds is 5. The minimum absolute atomic E-state index is 0.0476. The molecule has 0 aliphatic carbocycles. The zero-order valence-corrected chi connectivity index (χ0v) is 13.0. The molecule has 0 bridgehead atoms. The van der Waals surface area contributed by atoms with Gasteiger partial charge in [0.05, 0.1) is 6.04 Å². The van der Waals surface area contributed by atoms with Crippen molar-refractivity contribution in [2.75, 3.05) is 26.2 Å². The molecule has 2 aliphatic rings. The van der Waals surface area contributed by atoms with E-state index in [4.69, 9.17) is 0 Å². The molecule has 2 rings (SSSR count). The van der Waals surface area contributed by atoms with Gasteiger partial charge in [-0.1, -0.05) is 19.3 Å². The third-order valence-corrected chi connectivity index (χ3v) is 4.74. The summed E-state index contributed by atoms with van der Waals surface area (Å²) in [4.78, 5) is 14.6. The fraction of sp³-hybridized carbons (Fsp3) is 0.938. The van der Waals surface area contributed by atoms with Crippen molar-refractivity contribution in [2.24, 2.45) is 0 Å². The molecular formula is C16H31N3O. The van der Waals surface area contributed by atoms with Crippen molar-refractivity contribution in [1.29, 1.82) is 0 Å². The Kier molecular flexibility index (Phi) is 6.80. The molecule has 2 N–H and O–H groups in total. The third kappa shape index (κ3) is 5.06. The van der Waals surface area contributed by atoms with Gasteiger partial charge in [0.1, 0.15) is 0 Å². The molecule has 0 aromatic carbocycles. The van der Waals surface area contributed by atoms with Gasteiger partial charge in [-0.2, -0.15) is 0 Å². The molecule has 0 saturated carbocycles. The van der Waals surface area contributed by atoms with Crippen LogP contribution in [0.5, 0.6) is 0 Å². The summed E-state index contributed by atoms with van der Waals surface area (Å²) in [7, 11) is 0. The highest BCUT2D eigenvalue weighted by Gasteiger charge is 2.20. The van der Waals surface area contributed by atoms with Crippen LogP contribution < -0.4 is 10.6 Å². The maximum absolute atomic E-state index is 12.1. The number of carbonyl (C=O) groups excluding carboxylic acids is 1. The van der Waals surface area contributed by atoms with Crippen molar-refractivity contribution in [3.8, 4) is 0 Å². The monoisotopic (exact) mass is 281 g/mol. The number of carbonyl (C=O) groups is 1. The summed E-state index contributed by atoms with van der Waals surface area (Å²) in [5.41, 5.74) is 0. The van der Waals surface area contributed by atoms with Crippen LogP contribution in [0.4, 0.5) is 0 Å². The molecule has 0 radical (unpaired) electrons. The van der Waals surface area contributed by atoms with Gasteiger partial charge in [0.2, 0.25) is 5.91 Å². The van der Waals surface area contributed by atoms with Crippen LogP contribution in [-0.4, -0.2) is 49.1 Å². The first-order valence-corrected chi connectivity index (χ1v) is 8.52. The van der Waals surface area contributed by atoms with Gasteiger partial charge in [-0.3, -0.25) is 4.79 Å². The van der Waals surface area contributed by atoms with Crippen LogP contribution in [0.3, 0.4) is 0 Å². The predicted octanol–water partition coefficient (Wildman–Crippen LogP) is 1.90. The Balaban J connectivity index is 1.58. The van der Waals surface area contributed by atoms with Crippen molar-refractivity contribution in [1.82, 2.24) is 15.5 Å². The van der Waals surface area contributed by atoms with Crippen molar-refractivity contribution in [3.05, 3.63) is 0 Å². The SMILES string of the molecule is CC1CCCCN1CCCNC(=O)C1CCCCCN1. The van der Waals surface area contributed by atoms with Crippen LogP contribution in [0.25, 0.3) is 0 Å². The number of nitrogens with one attached hydrogen (secondary N) is 2. The van der Waals surface area contributed by atoms with E-state index in [0.29, 0.717) is 0 Å². The van der Waals surface area contributed by atoms with E-state index >= 15 is 0 Å². The molecule has 1 amide bonds. The first kappa shape index (κ1) is 15.8. The van der Waals surface area contributed by atoms with E-state index in [1.54, 1.807) is 0 Å². The molecular weight excluding hydrogens is 250 g/mol. The van der Waals surface area contributed by atoms with Gasteiger partial charge in [-0.25, -0.2) is 0 Å². The van der Waals surface area contributed by atoms with Crippen molar-refractivity contribution >= 4 is 5.91 Å². The maximum atomic E-state index is 12.1. The highest BCUT2D eigenvalue weighted by Crippen LogP contribution is 2.16. The Morgan fingerprint density at radius 3 is 2.90 bits per heavy atom. The second-order valence-electron chi connectivity index (χ2n) is 6.38. The molecule has 2 fully saturated rings. The van der Waals surface area contributed by atoms with Crippen molar-refractivity contribution in [2.45, 2.75) is 70.4 Å². The van der Waals surface area contributed by atoms with Gasteiger partial charge in [0.15, 0.2) is 0 Å². The van der Waals surface area contributed by atoms with E-state index in [-0.39, 0.29) is 11.9 Å². The van der Waals surface area contributed by atoms with E-state index in [9.17, 15) is 4.79 Å². The quantitative estimate of drug-likeness (QED) is 0.757. The highest BCUT2D eigenvalue weighted by molar-refractivity contribution is 5.81. The Bertz CT molecular complexity index is 287. The summed E-state index contributed by atoms with van der Waals surface area (Å²) < 4.78 is 0. The number of hydrogen-bond acceptors (Lipinski definition) is 3. The molecule has 0 spiro atoms. The molecule has 4 heteroatoms. The van der Waals surface area contributed by atoms with E-state index < -0.39 is 0 Å². The summed E-state index contributed by atoms with van der Waals surface area (Å²) in [5, 5.41) is 6.46. The van der Waals surface area contributed by atoms with Crippen LogP contribution in [0.15, 0.2) is 0 Å². The number of amides is 1. The maximum Gasteiger partial charge on any atom is 0.237 e. The predicted molar refractivity (Wildman–Crippen MR) is 82.8 cm³/mol. The fourth-order valence-corrected chi connectivity index (χ4v) is 3.36. The van der Waals surface area contributed by atoms with Gasteiger partial charge in [0, 0.05) is 19.1 Å². The summed E-state index contributed by atoms with van der Waals surface area (Å²) in [6.45, 7) is 6.50. The highest BCUT2D eigenvalue weighted by atomic mass is 16.2. The largest absolute Gasteiger partial charge is 0.355 e. The molecule has 2 atom stereocenters. The second kappa shape index (κ2) is 8.63. The lowest BCUT2D eigenvalue weighted by Crippen LogP contribution is -2.45. The van der Waals surface area contributed by atoms with Crippen LogP contribution in [0.1, 0.15) is 58.3 Å². The van der Waals surface area contributed by atoms with Crippen LogP contribution >= 0.6 is 0 Å². The van der Waals surface area contributed by atoms with Gasteiger partial charge in [-0.15, -0.1) is 0 Å². The molecule has 2 unspecified atom stereocenters. The number of hydrogen-bond donors (Lipinski definition) is 2. The first-order chi connectivity index (χ1) is 9.77. The average molecular weight is 281 g/mol. The fourth-order valence-electron chi connectivity index (χ4n) is 3.36. The standard InChI is InChI=1S/C16H31N3O/c1-14-8-4-6-12-19(14)13-7-11-18-16(20)15-9-3-2-5-10-17-15/h14-15,17H,2-13H2,1H3,(H,18,20). The molecule has 4 nitrogen and oxygen atoms in total. The molecule has 0 aromatic heterocycles. The van der Waals surface area contributed by atoms with Gasteiger partial charge in [-0.05, 0) is 52.1 Å². The summed E-state index contributed by atoms with van der Waals surface area (Å²) >= 11 is 0. The Labute approximate surface area is 123 Å². The van der Waals surface area contributed by atoms with Crippen LogP contribution in [0.2, 0.25) is 0 Å². The molecule has 0 aromatic rings. The van der Waals surface area contributed by atoms with E-state index in [2.05, 4.69) is 22.5 Å².